The third-order valence-electron chi connectivity index (χ3n) is 4.69. The van der Waals surface area contributed by atoms with Gasteiger partial charge in [-0.2, -0.15) is 0 Å². The van der Waals surface area contributed by atoms with Crippen LogP contribution < -0.4 is 14.4 Å². The van der Waals surface area contributed by atoms with E-state index in [0.717, 1.165) is 54.8 Å². The molecule has 0 amide bonds. The Morgan fingerprint density at radius 2 is 1.87 bits per heavy atom. The van der Waals surface area contributed by atoms with Crippen molar-refractivity contribution >= 4 is 11.4 Å². The zero-order valence-electron chi connectivity index (χ0n) is 13.6. The number of hydrogen-bond donors (Lipinski definition) is 0. The third kappa shape index (κ3) is 3.29. The smallest absolute Gasteiger partial charge is 0.124 e. The summed E-state index contributed by atoms with van der Waals surface area (Å²) in [5.74, 6) is 2.78. The molecule has 0 radical (unpaired) electrons. The molecule has 3 nitrogen and oxygen atoms in total. The molecule has 0 atom stereocenters. The molecule has 1 aliphatic heterocycles. The minimum atomic E-state index is 0.785. The van der Waals surface area contributed by atoms with Crippen LogP contribution in [0.25, 0.3) is 0 Å². The summed E-state index contributed by atoms with van der Waals surface area (Å²) in [7, 11) is 2.09. The second-order valence-electron chi connectivity index (χ2n) is 6.55. The quantitative estimate of drug-likeness (QED) is 0.807. The van der Waals surface area contributed by atoms with Gasteiger partial charge in [0.1, 0.15) is 11.5 Å². The Morgan fingerprint density at radius 1 is 1.09 bits per heavy atom. The van der Waals surface area contributed by atoms with Gasteiger partial charge >= 0.3 is 0 Å². The van der Waals surface area contributed by atoms with E-state index in [-0.39, 0.29) is 0 Å². The van der Waals surface area contributed by atoms with Crippen LogP contribution in [-0.2, 0) is 6.42 Å². The summed E-state index contributed by atoms with van der Waals surface area (Å²) in [4.78, 5) is 2.18. The second-order valence-corrected chi connectivity index (χ2v) is 6.55. The molecule has 1 aliphatic carbocycles. The predicted octanol–water partition coefficient (Wildman–Crippen LogP) is 4.57. The van der Waals surface area contributed by atoms with Gasteiger partial charge in [-0.05, 0) is 67.5 Å². The Hall–Kier alpha value is -2.16. The normalized spacial score (nSPS) is 16.4. The fourth-order valence-electron chi connectivity index (χ4n) is 2.95. The minimum Gasteiger partial charge on any atom is -0.493 e. The van der Waals surface area contributed by atoms with Gasteiger partial charge in [-0.15, -0.1) is 0 Å². The first-order chi connectivity index (χ1) is 11.3. The maximum Gasteiger partial charge on any atom is 0.124 e. The summed E-state index contributed by atoms with van der Waals surface area (Å²) in [6, 6.07) is 14.8. The molecule has 1 heterocycles. The Labute approximate surface area is 137 Å². The standard InChI is InChI=1S/C20H23NO2/c1-21(18-7-6-16-3-2-12-22-20(16)13-18)17-8-10-19(11-9-17)23-14-15-4-5-15/h6-11,13,15H,2-5,12,14H2,1H3. The van der Waals surface area contributed by atoms with Gasteiger partial charge in [-0.3, -0.25) is 0 Å². The third-order valence-corrected chi connectivity index (χ3v) is 4.69. The molecule has 0 bridgehead atoms. The van der Waals surface area contributed by atoms with Crippen molar-refractivity contribution in [3.63, 3.8) is 0 Å². The molecule has 2 aromatic rings. The molecular weight excluding hydrogens is 286 g/mol. The monoisotopic (exact) mass is 309 g/mol. The van der Waals surface area contributed by atoms with Gasteiger partial charge in [-0.25, -0.2) is 0 Å². The first-order valence-electron chi connectivity index (χ1n) is 8.52. The van der Waals surface area contributed by atoms with Gasteiger partial charge in [0.15, 0.2) is 0 Å². The van der Waals surface area contributed by atoms with Crippen molar-refractivity contribution in [2.75, 3.05) is 25.2 Å². The highest BCUT2D eigenvalue weighted by molar-refractivity contribution is 5.65. The molecule has 2 aliphatic rings. The number of benzene rings is 2. The lowest BCUT2D eigenvalue weighted by Crippen LogP contribution is -2.12. The van der Waals surface area contributed by atoms with E-state index in [9.17, 15) is 0 Å². The van der Waals surface area contributed by atoms with E-state index in [4.69, 9.17) is 9.47 Å². The van der Waals surface area contributed by atoms with Crippen molar-refractivity contribution in [3.8, 4) is 11.5 Å². The molecule has 1 fully saturated rings. The number of hydrogen-bond acceptors (Lipinski definition) is 3. The molecule has 2 aromatic carbocycles. The number of anilines is 2. The van der Waals surface area contributed by atoms with Crippen LogP contribution in [-0.4, -0.2) is 20.3 Å². The molecule has 4 rings (SSSR count). The highest BCUT2D eigenvalue weighted by Gasteiger charge is 2.21. The molecule has 0 spiro atoms. The molecule has 1 saturated carbocycles. The van der Waals surface area contributed by atoms with Gasteiger partial charge in [-0.1, -0.05) is 6.07 Å². The molecule has 23 heavy (non-hydrogen) atoms. The topological polar surface area (TPSA) is 21.7 Å². The van der Waals surface area contributed by atoms with Crippen molar-refractivity contribution < 1.29 is 9.47 Å². The highest BCUT2D eigenvalue weighted by atomic mass is 16.5. The Morgan fingerprint density at radius 3 is 2.65 bits per heavy atom. The van der Waals surface area contributed by atoms with Gasteiger partial charge in [0.05, 0.1) is 13.2 Å². The van der Waals surface area contributed by atoms with E-state index < -0.39 is 0 Å². The molecular formula is C20H23NO2. The Balaban J connectivity index is 1.48. The van der Waals surface area contributed by atoms with Crippen molar-refractivity contribution in [2.24, 2.45) is 5.92 Å². The van der Waals surface area contributed by atoms with Crippen LogP contribution in [0.4, 0.5) is 11.4 Å². The summed E-state index contributed by atoms with van der Waals surface area (Å²) >= 11 is 0. The van der Waals surface area contributed by atoms with Crippen molar-refractivity contribution in [3.05, 3.63) is 48.0 Å². The van der Waals surface area contributed by atoms with E-state index >= 15 is 0 Å². The first kappa shape index (κ1) is 14.4. The summed E-state index contributed by atoms with van der Waals surface area (Å²) in [6.07, 6.45) is 4.87. The number of ether oxygens (including phenoxy) is 2. The SMILES string of the molecule is CN(c1ccc(OCC2CC2)cc1)c1ccc2c(c1)OCCC2. The first-order valence-corrected chi connectivity index (χ1v) is 8.52. The maximum absolute atomic E-state index is 5.81. The van der Waals surface area contributed by atoms with Crippen LogP contribution in [0.5, 0.6) is 11.5 Å². The number of rotatable bonds is 5. The van der Waals surface area contributed by atoms with Crippen LogP contribution in [0.2, 0.25) is 0 Å². The van der Waals surface area contributed by atoms with Crippen LogP contribution in [0.15, 0.2) is 42.5 Å². The second kappa shape index (κ2) is 6.15. The summed E-state index contributed by atoms with van der Waals surface area (Å²) < 4.78 is 11.6. The zero-order chi connectivity index (χ0) is 15.6. The fourth-order valence-corrected chi connectivity index (χ4v) is 2.95. The molecule has 120 valence electrons. The summed E-state index contributed by atoms with van der Waals surface area (Å²) in [6.45, 7) is 1.69. The molecule has 0 saturated heterocycles. The summed E-state index contributed by atoms with van der Waals surface area (Å²) in [5.41, 5.74) is 3.62. The van der Waals surface area contributed by atoms with Crippen LogP contribution in [0.3, 0.4) is 0 Å². The molecule has 0 N–H and O–H groups in total. The lowest BCUT2D eigenvalue weighted by atomic mass is 10.1. The molecule has 0 unspecified atom stereocenters. The number of aryl methyl sites for hydroxylation is 1. The summed E-state index contributed by atoms with van der Waals surface area (Å²) in [5, 5.41) is 0. The van der Waals surface area contributed by atoms with E-state index in [2.05, 4.69) is 54.4 Å². The molecule has 0 aromatic heterocycles. The van der Waals surface area contributed by atoms with Gasteiger partial charge in [0.25, 0.3) is 0 Å². The van der Waals surface area contributed by atoms with E-state index in [1.165, 1.54) is 18.4 Å². The molecule has 3 heteroatoms. The van der Waals surface area contributed by atoms with E-state index in [0.29, 0.717) is 0 Å². The van der Waals surface area contributed by atoms with E-state index in [1.807, 2.05) is 0 Å². The fraction of sp³-hybridized carbons (Fsp3) is 0.400. The van der Waals surface area contributed by atoms with Gasteiger partial charge in [0, 0.05) is 24.5 Å². The van der Waals surface area contributed by atoms with Crippen molar-refractivity contribution in [1.29, 1.82) is 0 Å². The number of fused-ring (bicyclic) bond motifs is 1. The highest BCUT2D eigenvalue weighted by Crippen LogP contribution is 2.33. The maximum atomic E-state index is 5.81. The number of nitrogens with zero attached hydrogens (tertiary/aromatic N) is 1. The average molecular weight is 309 g/mol. The van der Waals surface area contributed by atoms with Gasteiger partial charge < -0.3 is 14.4 Å². The lowest BCUT2D eigenvalue weighted by molar-refractivity contribution is 0.288. The predicted molar refractivity (Wildman–Crippen MR) is 93.0 cm³/mol. The lowest BCUT2D eigenvalue weighted by Gasteiger charge is -2.23. The van der Waals surface area contributed by atoms with Crippen molar-refractivity contribution in [1.82, 2.24) is 0 Å². The minimum absolute atomic E-state index is 0.785. The van der Waals surface area contributed by atoms with E-state index in [1.54, 1.807) is 0 Å². The average Bonchev–Trinajstić information content (AvgIpc) is 3.44. The Bertz CT molecular complexity index is 677. The Kier molecular flexibility index (Phi) is 3.86. The van der Waals surface area contributed by atoms with Crippen molar-refractivity contribution in [2.45, 2.75) is 25.7 Å². The van der Waals surface area contributed by atoms with Crippen LogP contribution in [0.1, 0.15) is 24.8 Å². The van der Waals surface area contributed by atoms with Crippen LogP contribution in [0, 0.1) is 5.92 Å². The van der Waals surface area contributed by atoms with Crippen LogP contribution >= 0.6 is 0 Å². The zero-order valence-corrected chi connectivity index (χ0v) is 13.6. The van der Waals surface area contributed by atoms with Gasteiger partial charge in [0.2, 0.25) is 0 Å². The largest absolute Gasteiger partial charge is 0.493 e.